The van der Waals surface area contributed by atoms with E-state index in [1.54, 1.807) is 0 Å². The number of rotatable bonds is 5. The van der Waals surface area contributed by atoms with Crippen molar-refractivity contribution in [2.24, 2.45) is 5.92 Å². The Labute approximate surface area is 137 Å². The summed E-state index contributed by atoms with van der Waals surface area (Å²) in [5.41, 5.74) is 0.887. The third kappa shape index (κ3) is 3.64. The van der Waals surface area contributed by atoms with Gasteiger partial charge in [-0.1, -0.05) is 30.4 Å². The first-order valence-electron chi connectivity index (χ1n) is 8.23. The van der Waals surface area contributed by atoms with E-state index in [1.807, 2.05) is 38.4 Å². The standard InChI is InChI=1S/C19H24N2O2/c1-21(2)16(13-20-19(22)14-8-4-3-5-9-14)18-12-15-10-6-7-11-17(15)23-18/h3-4,6-7,10-12,14,16H,5,8-9,13H2,1-2H3,(H,20,22)/t14-,16+/m1/s1. The molecule has 0 aliphatic heterocycles. The van der Waals surface area contributed by atoms with Gasteiger partial charge in [0.05, 0.1) is 6.04 Å². The van der Waals surface area contributed by atoms with Gasteiger partial charge >= 0.3 is 0 Å². The molecule has 1 amide bonds. The highest BCUT2D eigenvalue weighted by Crippen LogP contribution is 2.26. The number of nitrogens with zero attached hydrogens (tertiary/aromatic N) is 1. The summed E-state index contributed by atoms with van der Waals surface area (Å²) in [5.74, 6) is 1.15. The van der Waals surface area contributed by atoms with Gasteiger partial charge in [0.25, 0.3) is 0 Å². The molecule has 1 aromatic heterocycles. The van der Waals surface area contributed by atoms with E-state index in [0.29, 0.717) is 6.54 Å². The van der Waals surface area contributed by atoms with Gasteiger partial charge in [0.15, 0.2) is 0 Å². The van der Waals surface area contributed by atoms with Gasteiger partial charge in [-0.25, -0.2) is 0 Å². The Morgan fingerprint density at radius 1 is 1.35 bits per heavy atom. The first-order chi connectivity index (χ1) is 11.1. The summed E-state index contributed by atoms with van der Waals surface area (Å²) in [5, 5.41) is 4.20. The van der Waals surface area contributed by atoms with Gasteiger partial charge in [-0.2, -0.15) is 0 Å². The average Bonchev–Trinajstić information content (AvgIpc) is 2.99. The van der Waals surface area contributed by atoms with E-state index in [2.05, 4.69) is 28.4 Å². The summed E-state index contributed by atoms with van der Waals surface area (Å²) in [6.45, 7) is 0.561. The Balaban J connectivity index is 1.69. The summed E-state index contributed by atoms with van der Waals surface area (Å²) < 4.78 is 5.97. The second kappa shape index (κ2) is 7.01. The fourth-order valence-electron chi connectivity index (χ4n) is 3.08. The number of fused-ring (bicyclic) bond motifs is 1. The number of amides is 1. The number of hydrogen-bond donors (Lipinski definition) is 1. The molecule has 4 nitrogen and oxygen atoms in total. The molecule has 2 aromatic rings. The number of carbonyl (C=O) groups excluding carboxylic acids is 1. The van der Waals surface area contributed by atoms with Crippen molar-refractivity contribution >= 4 is 16.9 Å². The molecule has 3 rings (SSSR count). The molecule has 2 atom stereocenters. The first-order valence-corrected chi connectivity index (χ1v) is 8.23. The number of hydrogen-bond acceptors (Lipinski definition) is 3. The Kier molecular flexibility index (Phi) is 4.82. The van der Waals surface area contributed by atoms with Crippen molar-refractivity contribution in [1.29, 1.82) is 0 Å². The Bertz CT molecular complexity index is 669. The van der Waals surface area contributed by atoms with Crippen LogP contribution in [0.15, 0.2) is 46.9 Å². The van der Waals surface area contributed by atoms with Crippen LogP contribution in [0.5, 0.6) is 0 Å². The molecule has 1 heterocycles. The number of nitrogens with one attached hydrogen (secondary N) is 1. The Morgan fingerprint density at radius 3 is 2.87 bits per heavy atom. The van der Waals surface area contributed by atoms with Gasteiger partial charge in [0, 0.05) is 17.8 Å². The quantitative estimate of drug-likeness (QED) is 0.859. The van der Waals surface area contributed by atoms with Crippen molar-refractivity contribution in [3.63, 3.8) is 0 Å². The maximum absolute atomic E-state index is 12.3. The fourth-order valence-corrected chi connectivity index (χ4v) is 3.08. The molecule has 0 fully saturated rings. The fraction of sp³-hybridized carbons (Fsp3) is 0.421. The van der Waals surface area contributed by atoms with E-state index >= 15 is 0 Å². The van der Waals surface area contributed by atoms with Crippen molar-refractivity contribution in [1.82, 2.24) is 10.2 Å². The summed E-state index contributed by atoms with van der Waals surface area (Å²) in [7, 11) is 4.01. The Hall–Kier alpha value is -2.07. The molecule has 1 N–H and O–H groups in total. The molecule has 0 spiro atoms. The van der Waals surface area contributed by atoms with Crippen LogP contribution in [0.2, 0.25) is 0 Å². The lowest BCUT2D eigenvalue weighted by Crippen LogP contribution is -2.37. The van der Waals surface area contributed by atoms with Crippen LogP contribution in [0.4, 0.5) is 0 Å². The molecule has 0 bridgehead atoms. The lowest BCUT2D eigenvalue weighted by molar-refractivity contribution is -0.125. The van der Waals surface area contributed by atoms with Crippen LogP contribution in [-0.4, -0.2) is 31.4 Å². The number of likely N-dealkylation sites (N-methyl/N-ethyl adjacent to an activating group) is 1. The normalized spacial score (nSPS) is 19.2. The van der Waals surface area contributed by atoms with Crippen LogP contribution >= 0.6 is 0 Å². The van der Waals surface area contributed by atoms with Gasteiger partial charge in [-0.15, -0.1) is 0 Å². The summed E-state index contributed by atoms with van der Waals surface area (Å²) >= 11 is 0. The molecule has 0 unspecified atom stereocenters. The number of carbonyl (C=O) groups is 1. The minimum Gasteiger partial charge on any atom is -0.459 e. The van der Waals surface area contributed by atoms with Crippen molar-refractivity contribution in [3.05, 3.63) is 48.2 Å². The van der Waals surface area contributed by atoms with E-state index < -0.39 is 0 Å². The lowest BCUT2D eigenvalue weighted by Gasteiger charge is -2.24. The van der Waals surface area contributed by atoms with E-state index in [1.165, 1.54) is 0 Å². The third-order valence-corrected chi connectivity index (χ3v) is 4.51. The van der Waals surface area contributed by atoms with Crippen molar-refractivity contribution in [2.75, 3.05) is 20.6 Å². The molecule has 0 radical (unpaired) electrons. The van der Waals surface area contributed by atoms with Gasteiger partial charge < -0.3 is 9.73 Å². The Morgan fingerprint density at radius 2 is 2.17 bits per heavy atom. The van der Waals surface area contributed by atoms with Crippen LogP contribution < -0.4 is 5.32 Å². The number of furan rings is 1. The van der Waals surface area contributed by atoms with Crippen LogP contribution in [0.1, 0.15) is 31.1 Å². The predicted octanol–water partition coefficient (Wildman–Crippen LogP) is 3.51. The van der Waals surface area contributed by atoms with Crippen molar-refractivity contribution < 1.29 is 9.21 Å². The highest BCUT2D eigenvalue weighted by molar-refractivity contribution is 5.79. The minimum atomic E-state index is 0.0329. The molecular weight excluding hydrogens is 288 g/mol. The van der Waals surface area contributed by atoms with Crippen molar-refractivity contribution in [2.45, 2.75) is 25.3 Å². The second-order valence-electron chi connectivity index (χ2n) is 6.39. The van der Waals surface area contributed by atoms with Crippen LogP contribution in [-0.2, 0) is 4.79 Å². The second-order valence-corrected chi connectivity index (χ2v) is 6.39. The number of para-hydroxylation sites is 1. The zero-order valence-corrected chi connectivity index (χ0v) is 13.8. The van der Waals surface area contributed by atoms with Gasteiger partial charge in [-0.05, 0) is 45.5 Å². The van der Waals surface area contributed by atoms with Crippen LogP contribution in [0.3, 0.4) is 0 Å². The van der Waals surface area contributed by atoms with Crippen LogP contribution in [0, 0.1) is 5.92 Å². The van der Waals surface area contributed by atoms with E-state index in [4.69, 9.17) is 4.42 Å². The zero-order valence-electron chi connectivity index (χ0n) is 13.8. The highest BCUT2D eigenvalue weighted by atomic mass is 16.3. The van der Waals surface area contributed by atoms with Crippen LogP contribution in [0.25, 0.3) is 11.0 Å². The number of benzene rings is 1. The molecule has 1 aromatic carbocycles. The lowest BCUT2D eigenvalue weighted by atomic mass is 9.93. The average molecular weight is 312 g/mol. The first kappa shape index (κ1) is 15.8. The molecule has 0 saturated heterocycles. The van der Waals surface area contributed by atoms with Gasteiger partial charge in [-0.3, -0.25) is 9.69 Å². The highest BCUT2D eigenvalue weighted by Gasteiger charge is 2.23. The molecule has 1 aliphatic rings. The van der Waals surface area contributed by atoms with Crippen molar-refractivity contribution in [3.8, 4) is 0 Å². The molecule has 122 valence electrons. The third-order valence-electron chi connectivity index (χ3n) is 4.51. The predicted molar refractivity (Wildman–Crippen MR) is 92.1 cm³/mol. The SMILES string of the molecule is CN(C)[C@@H](CNC(=O)[C@@H]1CC=CCC1)c1cc2ccccc2o1. The van der Waals surface area contributed by atoms with E-state index in [-0.39, 0.29) is 17.9 Å². The maximum Gasteiger partial charge on any atom is 0.223 e. The smallest absolute Gasteiger partial charge is 0.223 e. The molecular formula is C19H24N2O2. The zero-order chi connectivity index (χ0) is 16.2. The minimum absolute atomic E-state index is 0.0329. The summed E-state index contributed by atoms with van der Waals surface area (Å²) in [6.07, 6.45) is 7.05. The summed E-state index contributed by atoms with van der Waals surface area (Å²) in [6, 6.07) is 10.1. The topological polar surface area (TPSA) is 45.5 Å². The summed E-state index contributed by atoms with van der Waals surface area (Å²) in [4.78, 5) is 14.4. The largest absolute Gasteiger partial charge is 0.459 e. The molecule has 0 saturated carbocycles. The van der Waals surface area contributed by atoms with Gasteiger partial charge in [0.2, 0.25) is 5.91 Å². The van der Waals surface area contributed by atoms with Gasteiger partial charge in [0.1, 0.15) is 11.3 Å². The molecule has 4 heteroatoms. The van der Waals surface area contributed by atoms with E-state index in [9.17, 15) is 4.79 Å². The number of allylic oxidation sites excluding steroid dienone is 2. The molecule has 23 heavy (non-hydrogen) atoms. The monoisotopic (exact) mass is 312 g/mol. The maximum atomic E-state index is 12.3. The molecule has 1 aliphatic carbocycles. The van der Waals surface area contributed by atoms with E-state index in [0.717, 1.165) is 36.0 Å².